The predicted octanol–water partition coefficient (Wildman–Crippen LogP) is 1.71. The predicted molar refractivity (Wildman–Crippen MR) is 45.8 cm³/mol. The summed E-state index contributed by atoms with van der Waals surface area (Å²) in [6, 6.07) is 4.54. The van der Waals surface area contributed by atoms with Crippen LogP contribution in [0.15, 0.2) is 24.5 Å². The van der Waals surface area contributed by atoms with Crippen molar-refractivity contribution in [3.05, 3.63) is 30.0 Å². The van der Waals surface area contributed by atoms with Gasteiger partial charge in [-0.2, -0.15) is 0 Å². The number of rotatable bonds is 2. The number of phenolic OH excluding ortho intramolecular Hbond substituents is 2. The molecule has 1 rings (SSSR count). The van der Waals surface area contributed by atoms with Gasteiger partial charge >= 0.3 is 0 Å². The molecule has 64 valence electrons. The molecule has 1 aromatic rings. The standard InChI is InChI=1S/C9H10O3/c1-12-5-4-7-2-3-8(10)9(11)6-7/h2-6,10-11H,1H3. The Bertz CT molecular complexity index is 292. The lowest BCUT2D eigenvalue weighted by Gasteiger charge is -1.97. The van der Waals surface area contributed by atoms with E-state index in [0.717, 1.165) is 5.56 Å². The van der Waals surface area contributed by atoms with Crippen molar-refractivity contribution in [2.75, 3.05) is 7.11 Å². The number of benzene rings is 1. The summed E-state index contributed by atoms with van der Waals surface area (Å²) in [5.74, 6) is -0.252. The second-order valence-corrected chi connectivity index (χ2v) is 2.29. The Morgan fingerprint density at radius 2 is 2.00 bits per heavy atom. The minimum absolute atomic E-state index is 0.121. The molecule has 3 nitrogen and oxygen atoms in total. The maximum atomic E-state index is 9.07. The number of aromatic hydroxyl groups is 2. The van der Waals surface area contributed by atoms with Gasteiger partial charge in [0.15, 0.2) is 11.5 Å². The summed E-state index contributed by atoms with van der Waals surface area (Å²) in [7, 11) is 1.54. The quantitative estimate of drug-likeness (QED) is 0.519. The second kappa shape index (κ2) is 3.67. The number of ether oxygens (including phenoxy) is 1. The fraction of sp³-hybridized carbons (Fsp3) is 0.111. The van der Waals surface area contributed by atoms with Crippen LogP contribution in [0.4, 0.5) is 0 Å². The summed E-state index contributed by atoms with van der Waals surface area (Å²) < 4.78 is 4.69. The van der Waals surface area contributed by atoms with Gasteiger partial charge in [0.05, 0.1) is 13.4 Å². The Hall–Kier alpha value is -1.64. The van der Waals surface area contributed by atoms with Crippen molar-refractivity contribution in [2.24, 2.45) is 0 Å². The normalized spacial score (nSPS) is 10.4. The van der Waals surface area contributed by atoms with E-state index >= 15 is 0 Å². The summed E-state index contributed by atoms with van der Waals surface area (Å²) in [5.41, 5.74) is 0.771. The van der Waals surface area contributed by atoms with Crippen LogP contribution in [0, 0.1) is 0 Å². The zero-order valence-corrected chi connectivity index (χ0v) is 6.69. The number of hydrogen-bond donors (Lipinski definition) is 2. The molecule has 3 heteroatoms. The highest BCUT2D eigenvalue weighted by Gasteiger charge is 1.96. The van der Waals surface area contributed by atoms with Crippen molar-refractivity contribution >= 4 is 6.08 Å². The van der Waals surface area contributed by atoms with Crippen LogP contribution >= 0.6 is 0 Å². The first kappa shape index (κ1) is 8.46. The van der Waals surface area contributed by atoms with E-state index in [1.54, 1.807) is 12.1 Å². The molecule has 0 unspecified atom stereocenters. The lowest BCUT2D eigenvalue weighted by Crippen LogP contribution is -1.73. The van der Waals surface area contributed by atoms with Crippen molar-refractivity contribution < 1.29 is 14.9 Å². The van der Waals surface area contributed by atoms with E-state index in [1.807, 2.05) is 0 Å². The average molecular weight is 166 g/mol. The lowest BCUT2D eigenvalue weighted by atomic mass is 10.2. The second-order valence-electron chi connectivity index (χ2n) is 2.29. The molecular weight excluding hydrogens is 156 g/mol. The summed E-state index contributed by atoms with van der Waals surface area (Å²) in [6.07, 6.45) is 3.17. The van der Waals surface area contributed by atoms with Crippen LogP contribution in [0.1, 0.15) is 5.56 Å². The summed E-state index contributed by atoms with van der Waals surface area (Å²) >= 11 is 0. The molecule has 2 N–H and O–H groups in total. The molecule has 0 aliphatic carbocycles. The summed E-state index contributed by atoms with van der Waals surface area (Å²) in [5, 5.41) is 18.0. The van der Waals surface area contributed by atoms with Crippen molar-refractivity contribution in [3.8, 4) is 11.5 Å². The van der Waals surface area contributed by atoms with E-state index in [9.17, 15) is 0 Å². The molecule has 0 amide bonds. The highest BCUT2D eigenvalue weighted by Crippen LogP contribution is 2.25. The van der Waals surface area contributed by atoms with E-state index in [1.165, 1.54) is 25.5 Å². The van der Waals surface area contributed by atoms with Gasteiger partial charge in [0.25, 0.3) is 0 Å². The highest BCUT2D eigenvalue weighted by molar-refractivity contribution is 5.54. The Morgan fingerprint density at radius 3 is 2.58 bits per heavy atom. The fourth-order valence-corrected chi connectivity index (χ4v) is 0.791. The van der Waals surface area contributed by atoms with Gasteiger partial charge in [0.1, 0.15) is 0 Å². The Kier molecular flexibility index (Phi) is 2.58. The maximum absolute atomic E-state index is 9.07. The van der Waals surface area contributed by atoms with Gasteiger partial charge in [-0.25, -0.2) is 0 Å². The molecule has 0 aromatic heterocycles. The number of hydrogen-bond acceptors (Lipinski definition) is 3. The van der Waals surface area contributed by atoms with Gasteiger partial charge in [0.2, 0.25) is 0 Å². The van der Waals surface area contributed by atoms with Crippen LogP contribution in [0.5, 0.6) is 11.5 Å². The van der Waals surface area contributed by atoms with Crippen molar-refractivity contribution in [1.29, 1.82) is 0 Å². The Morgan fingerprint density at radius 1 is 1.25 bits per heavy atom. The molecule has 0 fully saturated rings. The van der Waals surface area contributed by atoms with Crippen LogP contribution in [0.2, 0.25) is 0 Å². The van der Waals surface area contributed by atoms with Gasteiger partial charge in [-0.1, -0.05) is 6.07 Å². The van der Waals surface area contributed by atoms with Gasteiger partial charge < -0.3 is 14.9 Å². The third kappa shape index (κ3) is 1.92. The lowest BCUT2D eigenvalue weighted by molar-refractivity contribution is 0.341. The molecule has 0 aliphatic rings. The molecule has 0 bridgehead atoms. The topological polar surface area (TPSA) is 49.7 Å². The van der Waals surface area contributed by atoms with Crippen LogP contribution in [-0.2, 0) is 4.74 Å². The highest BCUT2D eigenvalue weighted by atomic mass is 16.5. The first-order valence-corrected chi connectivity index (χ1v) is 3.45. The van der Waals surface area contributed by atoms with Gasteiger partial charge in [-0.15, -0.1) is 0 Å². The van der Waals surface area contributed by atoms with E-state index in [2.05, 4.69) is 0 Å². The Labute approximate surface area is 70.5 Å². The van der Waals surface area contributed by atoms with Crippen molar-refractivity contribution in [1.82, 2.24) is 0 Å². The first-order valence-electron chi connectivity index (χ1n) is 3.45. The van der Waals surface area contributed by atoms with E-state index in [0.29, 0.717) is 0 Å². The number of phenols is 2. The fourth-order valence-electron chi connectivity index (χ4n) is 0.791. The molecule has 0 atom stereocenters. The zero-order chi connectivity index (χ0) is 8.97. The monoisotopic (exact) mass is 166 g/mol. The van der Waals surface area contributed by atoms with E-state index in [-0.39, 0.29) is 11.5 Å². The molecule has 12 heavy (non-hydrogen) atoms. The molecule has 0 saturated heterocycles. The van der Waals surface area contributed by atoms with Crippen LogP contribution in [-0.4, -0.2) is 17.3 Å². The van der Waals surface area contributed by atoms with Gasteiger partial charge in [-0.3, -0.25) is 0 Å². The largest absolute Gasteiger partial charge is 0.504 e. The average Bonchev–Trinajstić information content (AvgIpc) is 2.07. The summed E-state index contributed by atoms with van der Waals surface area (Å²) in [6.45, 7) is 0. The minimum Gasteiger partial charge on any atom is -0.504 e. The molecule has 0 spiro atoms. The maximum Gasteiger partial charge on any atom is 0.157 e. The smallest absolute Gasteiger partial charge is 0.157 e. The van der Waals surface area contributed by atoms with Crippen LogP contribution in [0.3, 0.4) is 0 Å². The minimum atomic E-state index is -0.131. The molecular formula is C9H10O3. The summed E-state index contributed by atoms with van der Waals surface area (Å²) in [4.78, 5) is 0. The molecule has 1 aromatic carbocycles. The SMILES string of the molecule is COC=Cc1ccc(O)c(O)c1. The van der Waals surface area contributed by atoms with Crippen LogP contribution in [0.25, 0.3) is 6.08 Å². The van der Waals surface area contributed by atoms with Gasteiger partial charge in [0, 0.05) is 0 Å². The molecule has 0 aliphatic heterocycles. The van der Waals surface area contributed by atoms with E-state index < -0.39 is 0 Å². The number of methoxy groups -OCH3 is 1. The first-order chi connectivity index (χ1) is 5.74. The van der Waals surface area contributed by atoms with Gasteiger partial charge in [-0.05, 0) is 23.8 Å². The molecule has 0 radical (unpaired) electrons. The zero-order valence-electron chi connectivity index (χ0n) is 6.69. The van der Waals surface area contributed by atoms with E-state index in [4.69, 9.17) is 14.9 Å². The molecule has 0 saturated carbocycles. The molecule has 0 heterocycles. The third-order valence-electron chi connectivity index (χ3n) is 1.40. The van der Waals surface area contributed by atoms with Crippen molar-refractivity contribution in [3.63, 3.8) is 0 Å². The Balaban J connectivity index is 2.89. The van der Waals surface area contributed by atoms with Crippen molar-refractivity contribution in [2.45, 2.75) is 0 Å². The third-order valence-corrected chi connectivity index (χ3v) is 1.40. The van der Waals surface area contributed by atoms with Crippen LogP contribution < -0.4 is 0 Å².